The van der Waals surface area contributed by atoms with Crippen LogP contribution in [0.1, 0.15) is 83.4 Å². The lowest BCUT2D eigenvalue weighted by atomic mass is 9.87. The fraction of sp³-hybridized carbons (Fsp3) is 0.607. The highest BCUT2D eigenvalue weighted by Gasteiger charge is 2.40. The highest BCUT2D eigenvalue weighted by molar-refractivity contribution is 5.97. The third-order valence-electron chi connectivity index (χ3n) is 7.05. The summed E-state index contributed by atoms with van der Waals surface area (Å²) in [7, 11) is 0. The minimum absolute atomic E-state index is 0.180. The summed E-state index contributed by atoms with van der Waals surface area (Å²) >= 11 is 0. The number of carbonyl (C=O) groups is 3. The summed E-state index contributed by atoms with van der Waals surface area (Å²) in [4.78, 5) is 48.1. The molecular formula is C28H39N5O5. The number of nitrogens with one attached hydrogen (secondary N) is 1. The summed E-state index contributed by atoms with van der Waals surface area (Å²) in [5, 5.41) is 2.61. The fourth-order valence-electron chi connectivity index (χ4n) is 5.06. The van der Waals surface area contributed by atoms with Crippen LogP contribution >= 0.6 is 0 Å². The van der Waals surface area contributed by atoms with Crippen molar-refractivity contribution in [3.63, 3.8) is 0 Å². The van der Waals surface area contributed by atoms with Gasteiger partial charge in [0.25, 0.3) is 0 Å². The van der Waals surface area contributed by atoms with E-state index in [1.807, 2.05) is 10.8 Å². The van der Waals surface area contributed by atoms with Gasteiger partial charge in [0, 0.05) is 18.9 Å². The van der Waals surface area contributed by atoms with Crippen molar-refractivity contribution in [1.82, 2.24) is 19.4 Å². The molecule has 0 bridgehead atoms. The SMILES string of the molecule is C[C@@H]1COC(=O)N1C(=O)[C@H](Cc1ccc(NC(=O)OC(C)(C)C)nc1)c1cn(CCC2CCCCC2)cn1. The van der Waals surface area contributed by atoms with Crippen molar-refractivity contribution in [1.29, 1.82) is 0 Å². The minimum atomic E-state index is -0.675. The van der Waals surface area contributed by atoms with Gasteiger partial charge < -0.3 is 14.0 Å². The molecule has 1 aliphatic heterocycles. The van der Waals surface area contributed by atoms with Crippen molar-refractivity contribution in [3.8, 4) is 0 Å². The number of imidazole rings is 1. The quantitative estimate of drug-likeness (QED) is 0.498. The van der Waals surface area contributed by atoms with E-state index in [0.717, 1.165) is 24.4 Å². The van der Waals surface area contributed by atoms with Crippen molar-refractivity contribution in [2.24, 2.45) is 5.92 Å². The number of carbonyl (C=O) groups excluding carboxylic acids is 3. The molecule has 1 N–H and O–H groups in total. The number of nitrogens with zero attached hydrogens (tertiary/aromatic N) is 4. The molecular weight excluding hydrogens is 486 g/mol. The number of cyclic esters (lactones) is 1. The molecule has 2 aliphatic rings. The first kappa shape index (κ1) is 27.6. The highest BCUT2D eigenvalue weighted by Crippen LogP contribution is 2.28. The van der Waals surface area contributed by atoms with E-state index < -0.39 is 23.7 Å². The Morgan fingerprint density at radius 3 is 2.58 bits per heavy atom. The lowest BCUT2D eigenvalue weighted by Gasteiger charge is -2.22. The number of aromatic nitrogens is 3. The molecule has 0 spiro atoms. The van der Waals surface area contributed by atoms with Gasteiger partial charge in [0.2, 0.25) is 5.91 Å². The molecule has 1 saturated heterocycles. The van der Waals surface area contributed by atoms with Crippen LogP contribution in [0.2, 0.25) is 0 Å². The lowest BCUT2D eigenvalue weighted by molar-refractivity contribution is -0.130. The van der Waals surface area contributed by atoms with Gasteiger partial charge >= 0.3 is 12.2 Å². The molecule has 1 saturated carbocycles. The van der Waals surface area contributed by atoms with Gasteiger partial charge in [0.1, 0.15) is 18.0 Å². The largest absolute Gasteiger partial charge is 0.447 e. The molecule has 2 fully saturated rings. The summed E-state index contributed by atoms with van der Waals surface area (Å²) in [6.45, 7) is 8.19. The Morgan fingerprint density at radius 2 is 1.95 bits per heavy atom. The predicted molar refractivity (Wildman–Crippen MR) is 142 cm³/mol. The van der Waals surface area contributed by atoms with Crippen molar-refractivity contribution < 1.29 is 23.9 Å². The van der Waals surface area contributed by atoms with Gasteiger partial charge in [0.05, 0.1) is 24.0 Å². The van der Waals surface area contributed by atoms with Crippen LogP contribution in [0.15, 0.2) is 30.9 Å². The van der Waals surface area contributed by atoms with E-state index >= 15 is 0 Å². The Morgan fingerprint density at radius 1 is 1.18 bits per heavy atom. The molecule has 0 aromatic carbocycles. The van der Waals surface area contributed by atoms with E-state index in [4.69, 9.17) is 9.47 Å². The number of rotatable bonds is 8. The van der Waals surface area contributed by atoms with Crippen LogP contribution in [-0.4, -0.2) is 55.8 Å². The van der Waals surface area contributed by atoms with Gasteiger partial charge in [-0.1, -0.05) is 38.2 Å². The zero-order valence-corrected chi connectivity index (χ0v) is 22.8. The number of hydrogen-bond donors (Lipinski definition) is 1. The molecule has 2 aromatic rings. The van der Waals surface area contributed by atoms with Crippen LogP contribution in [0, 0.1) is 5.92 Å². The maximum atomic E-state index is 13.6. The monoisotopic (exact) mass is 525 g/mol. The van der Waals surface area contributed by atoms with Gasteiger partial charge in [-0.2, -0.15) is 0 Å². The number of pyridine rings is 1. The first-order valence-electron chi connectivity index (χ1n) is 13.6. The molecule has 4 rings (SSSR count). The van der Waals surface area contributed by atoms with Crippen LogP contribution in [-0.2, 0) is 27.2 Å². The van der Waals surface area contributed by atoms with E-state index in [0.29, 0.717) is 17.9 Å². The molecule has 10 nitrogen and oxygen atoms in total. The van der Waals surface area contributed by atoms with Gasteiger partial charge in [-0.15, -0.1) is 0 Å². The van der Waals surface area contributed by atoms with E-state index in [1.165, 1.54) is 37.0 Å². The van der Waals surface area contributed by atoms with Crippen LogP contribution in [0.3, 0.4) is 0 Å². The zero-order chi connectivity index (χ0) is 27.3. The summed E-state index contributed by atoms with van der Waals surface area (Å²) in [5.41, 5.74) is 0.766. The average Bonchev–Trinajstić information content (AvgIpc) is 3.47. The Hall–Kier alpha value is -3.43. The van der Waals surface area contributed by atoms with Crippen molar-refractivity contribution in [2.75, 3.05) is 11.9 Å². The number of hydrogen-bond acceptors (Lipinski definition) is 7. The summed E-state index contributed by atoms with van der Waals surface area (Å²) in [5.74, 6) is 0.0692. The maximum Gasteiger partial charge on any atom is 0.416 e. The first-order chi connectivity index (χ1) is 18.1. The summed E-state index contributed by atoms with van der Waals surface area (Å²) in [6, 6.07) is 3.12. The van der Waals surface area contributed by atoms with Crippen LogP contribution in [0.5, 0.6) is 0 Å². The summed E-state index contributed by atoms with van der Waals surface area (Å²) in [6.07, 6.45) is 12.0. The average molecular weight is 526 g/mol. The van der Waals surface area contributed by atoms with Crippen LogP contribution < -0.4 is 5.32 Å². The normalized spacial score (nSPS) is 19.2. The van der Waals surface area contributed by atoms with Crippen molar-refractivity contribution in [3.05, 3.63) is 42.1 Å². The van der Waals surface area contributed by atoms with Gasteiger partial charge in [0.15, 0.2) is 0 Å². The second kappa shape index (κ2) is 12.0. The third-order valence-corrected chi connectivity index (χ3v) is 7.05. The van der Waals surface area contributed by atoms with Gasteiger partial charge in [-0.25, -0.2) is 24.5 Å². The number of anilines is 1. The van der Waals surface area contributed by atoms with Crippen molar-refractivity contribution >= 4 is 23.9 Å². The fourth-order valence-corrected chi connectivity index (χ4v) is 5.06. The predicted octanol–water partition coefficient (Wildman–Crippen LogP) is 5.29. The summed E-state index contributed by atoms with van der Waals surface area (Å²) < 4.78 is 12.4. The third kappa shape index (κ3) is 7.33. The number of aryl methyl sites for hydroxylation is 1. The molecule has 10 heteroatoms. The standard InChI is InChI=1S/C28H39N5O5/c1-19-17-37-27(36)33(19)25(34)22(23-16-32(18-30-23)13-12-20-8-6-5-7-9-20)14-21-10-11-24(29-15-21)31-26(35)38-28(2,3)4/h10-11,15-16,18-20,22H,5-9,12-14,17H2,1-4H3,(H,29,31,35)/t19-,22-/m1/s1. The zero-order valence-electron chi connectivity index (χ0n) is 22.8. The van der Waals surface area contributed by atoms with E-state index in [1.54, 1.807) is 52.4 Å². The Bertz CT molecular complexity index is 1120. The molecule has 0 unspecified atom stereocenters. The Labute approximate surface area is 224 Å². The number of imide groups is 1. The van der Waals surface area contributed by atoms with E-state index in [2.05, 4.69) is 15.3 Å². The molecule has 3 heterocycles. The first-order valence-corrected chi connectivity index (χ1v) is 13.6. The number of ether oxygens (including phenoxy) is 2. The van der Waals surface area contributed by atoms with Crippen LogP contribution in [0.4, 0.5) is 15.4 Å². The van der Waals surface area contributed by atoms with Gasteiger partial charge in [-0.05, 0) is 58.1 Å². The second-order valence-corrected chi connectivity index (χ2v) is 11.4. The van der Waals surface area contributed by atoms with Crippen molar-refractivity contribution in [2.45, 2.75) is 96.7 Å². The molecule has 1 aliphatic carbocycles. The van der Waals surface area contributed by atoms with E-state index in [9.17, 15) is 14.4 Å². The van der Waals surface area contributed by atoms with Gasteiger partial charge in [-0.3, -0.25) is 10.1 Å². The smallest absolute Gasteiger partial charge is 0.416 e. The maximum absolute atomic E-state index is 13.6. The molecule has 3 amide bonds. The molecule has 2 atom stereocenters. The Kier molecular flexibility index (Phi) is 8.69. The number of amides is 3. The molecule has 206 valence electrons. The Balaban J connectivity index is 1.48. The van der Waals surface area contributed by atoms with E-state index in [-0.39, 0.29) is 18.6 Å². The topological polar surface area (TPSA) is 116 Å². The highest BCUT2D eigenvalue weighted by atomic mass is 16.6. The minimum Gasteiger partial charge on any atom is -0.447 e. The second-order valence-electron chi connectivity index (χ2n) is 11.4. The lowest BCUT2D eigenvalue weighted by Crippen LogP contribution is -2.41. The molecule has 2 aromatic heterocycles. The molecule has 38 heavy (non-hydrogen) atoms. The van der Waals surface area contributed by atoms with Crippen LogP contribution in [0.25, 0.3) is 0 Å². The molecule has 0 radical (unpaired) electrons.